The van der Waals surface area contributed by atoms with Crippen molar-refractivity contribution in [3.63, 3.8) is 0 Å². The van der Waals surface area contributed by atoms with Gasteiger partial charge in [-0.3, -0.25) is 10.3 Å². The number of ether oxygens (including phenoxy) is 1. The molecule has 0 fully saturated rings. The fraction of sp³-hybridized carbons (Fsp3) is 0.500. The van der Waals surface area contributed by atoms with Crippen LogP contribution in [-0.2, 0) is 4.84 Å². The third-order valence-electron chi connectivity index (χ3n) is 2.05. The van der Waals surface area contributed by atoms with Gasteiger partial charge in [0.2, 0.25) is 0 Å². The molecule has 0 aliphatic heterocycles. The topological polar surface area (TPSA) is 30.5 Å². The van der Waals surface area contributed by atoms with Crippen molar-refractivity contribution in [2.24, 2.45) is 0 Å². The average molecular weight is 227 g/mol. The van der Waals surface area contributed by atoms with Crippen molar-refractivity contribution in [1.29, 1.82) is 0 Å². The third-order valence-corrected chi connectivity index (χ3v) is 2.05. The second-order valence-corrected chi connectivity index (χ2v) is 3.48. The summed E-state index contributed by atoms with van der Waals surface area (Å²) in [4.78, 5) is 5.08. The number of anilines is 1. The zero-order valence-electron chi connectivity index (χ0n) is 9.97. The van der Waals surface area contributed by atoms with E-state index in [2.05, 4.69) is 5.48 Å². The summed E-state index contributed by atoms with van der Waals surface area (Å²) in [6.45, 7) is 6.78. The van der Waals surface area contributed by atoms with Crippen LogP contribution in [0.2, 0.25) is 0 Å². The fourth-order valence-electron chi connectivity index (χ4n) is 1.27. The summed E-state index contributed by atoms with van der Waals surface area (Å²) in [5.41, 5.74) is 3.67. The van der Waals surface area contributed by atoms with Crippen LogP contribution in [0.25, 0.3) is 0 Å². The largest absolute Gasteiger partial charge is 0.494 e. The summed E-state index contributed by atoms with van der Waals surface area (Å²) in [7, 11) is 0. The van der Waals surface area contributed by atoms with E-state index in [1.165, 1.54) is 6.07 Å². The monoisotopic (exact) mass is 227 g/mol. The lowest BCUT2D eigenvalue weighted by Gasteiger charge is -2.12. The van der Waals surface area contributed by atoms with E-state index >= 15 is 0 Å². The van der Waals surface area contributed by atoms with E-state index in [0.29, 0.717) is 24.7 Å². The van der Waals surface area contributed by atoms with Gasteiger partial charge in [0.25, 0.3) is 0 Å². The Labute approximate surface area is 95.5 Å². The van der Waals surface area contributed by atoms with E-state index in [-0.39, 0.29) is 5.82 Å². The number of aryl methyl sites for hydroxylation is 1. The molecule has 0 spiro atoms. The molecular formula is C12H18FNO2. The summed E-state index contributed by atoms with van der Waals surface area (Å²) in [5, 5.41) is 0. The van der Waals surface area contributed by atoms with Crippen LogP contribution in [0.4, 0.5) is 10.1 Å². The maximum absolute atomic E-state index is 13.5. The van der Waals surface area contributed by atoms with Gasteiger partial charge >= 0.3 is 0 Å². The molecule has 0 aliphatic rings. The molecule has 0 saturated heterocycles. The fourth-order valence-corrected chi connectivity index (χ4v) is 1.27. The highest BCUT2D eigenvalue weighted by molar-refractivity contribution is 5.51. The van der Waals surface area contributed by atoms with Crippen LogP contribution in [0.3, 0.4) is 0 Å². The zero-order valence-corrected chi connectivity index (χ0v) is 9.97. The summed E-state index contributed by atoms with van der Waals surface area (Å²) >= 11 is 0. The molecule has 4 heteroatoms. The van der Waals surface area contributed by atoms with Crippen LogP contribution in [0, 0.1) is 12.7 Å². The Balaban J connectivity index is 2.78. The van der Waals surface area contributed by atoms with E-state index in [1.54, 1.807) is 6.07 Å². The van der Waals surface area contributed by atoms with E-state index < -0.39 is 0 Å². The highest BCUT2D eigenvalue weighted by Gasteiger charge is 2.07. The molecule has 0 atom stereocenters. The summed E-state index contributed by atoms with van der Waals surface area (Å²) in [6.07, 6.45) is 0.874. The molecule has 1 N–H and O–H groups in total. The minimum absolute atomic E-state index is 0.308. The lowest BCUT2D eigenvalue weighted by molar-refractivity contribution is 0.192. The Hall–Kier alpha value is -1.29. The van der Waals surface area contributed by atoms with Gasteiger partial charge in [0.05, 0.1) is 18.9 Å². The standard InChI is InChI=1S/C12H18FNO2/c1-4-6-16-14-11-8-12(15-5-2)9(3)7-10(11)13/h7-8,14H,4-6H2,1-3H3. The van der Waals surface area contributed by atoms with Gasteiger partial charge < -0.3 is 4.74 Å². The van der Waals surface area contributed by atoms with Crippen LogP contribution in [0.15, 0.2) is 12.1 Å². The number of rotatable bonds is 6. The molecule has 0 bridgehead atoms. The molecule has 3 nitrogen and oxygen atoms in total. The Morgan fingerprint density at radius 3 is 2.69 bits per heavy atom. The normalized spacial score (nSPS) is 10.2. The SMILES string of the molecule is CCCONc1cc(OCC)c(C)cc1F. The number of hydrogen-bond acceptors (Lipinski definition) is 3. The van der Waals surface area contributed by atoms with Crippen molar-refractivity contribution < 1.29 is 14.0 Å². The highest BCUT2D eigenvalue weighted by Crippen LogP contribution is 2.25. The lowest BCUT2D eigenvalue weighted by Crippen LogP contribution is -2.05. The van der Waals surface area contributed by atoms with Crippen LogP contribution in [0.5, 0.6) is 5.75 Å². The van der Waals surface area contributed by atoms with Crippen molar-refractivity contribution in [3.8, 4) is 5.75 Å². The predicted octanol–water partition coefficient (Wildman–Crippen LogP) is 3.29. The molecule has 0 aliphatic carbocycles. The quantitative estimate of drug-likeness (QED) is 0.597. The molecule has 0 radical (unpaired) electrons. The minimum atomic E-state index is -0.336. The van der Waals surface area contributed by atoms with Gasteiger partial charge in [-0.25, -0.2) is 4.39 Å². The molecule has 1 aromatic rings. The molecule has 0 saturated carbocycles. The van der Waals surface area contributed by atoms with E-state index in [9.17, 15) is 4.39 Å². The smallest absolute Gasteiger partial charge is 0.149 e. The van der Waals surface area contributed by atoms with Crippen molar-refractivity contribution >= 4 is 5.69 Å². The number of benzene rings is 1. The van der Waals surface area contributed by atoms with Crippen molar-refractivity contribution in [3.05, 3.63) is 23.5 Å². The highest BCUT2D eigenvalue weighted by atomic mass is 19.1. The molecule has 0 unspecified atom stereocenters. The molecule has 90 valence electrons. The van der Waals surface area contributed by atoms with Gasteiger partial charge in [0.1, 0.15) is 11.6 Å². The van der Waals surface area contributed by atoms with Gasteiger partial charge in [-0.2, -0.15) is 0 Å². The number of hydrogen-bond donors (Lipinski definition) is 1. The second kappa shape index (κ2) is 6.33. The van der Waals surface area contributed by atoms with Crippen LogP contribution < -0.4 is 10.2 Å². The Morgan fingerprint density at radius 1 is 1.31 bits per heavy atom. The first-order valence-electron chi connectivity index (χ1n) is 5.49. The number of nitrogens with one attached hydrogen (secondary N) is 1. The molecule has 0 heterocycles. The van der Waals surface area contributed by atoms with Gasteiger partial charge in [0.15, 0.2) is 0 Å². The minimum Gasteiger partial charge on any atom is -0.494 e. The van der Waals surface area contributed by atoms with Gasteiger partial charge in [-0.1, -0.05) is 6.92 Å². The lowest BCUT2D eigenvalue weighted by atomic mass is 10.2. The maximum Gasteiger partial charge on any atom is 0.149 e. The molecule has 1 aromatic carbocycles. The zero-order chi connectivity index (χ0) is 12.0. The van der Waals surface area contributed by atoms with E-state index in [1.807, 2.05) is 20.8 Å². The average Bonchev–Trinajstić information content (AvgIpc) is 2.25. The summed E-state index contributed by atoms with van der Waals surface area (Å²) in [5.74, 6) is 0.337. The Bertz CT molecular complexity index is 342. The maximum atomic E-state index is 13.5. The van der Waals surface area contributed by atoms with Gasteiger partial charge in [-0.05, 0) is 31.9 Å². The molecule has 0 amide bonds. The summed E-state index contributed by atoms with van der Waals surface area (Å²) in [6, 6.07) is 3.05. The van der Waals surface area contributed by atoms with Crippen molar-refractivity contribution in [2.75, 3.05) is 18.7 Å². The summed E-state index contributed by atoms with van der Waals surface area (Å²) < 4.78 is 18.9. The first-order chi connectivity index (χ1) is 7.69. The van der Waals surface area contributed by atoms with Gasteiger partial charge in [-0.15, -0.1) is 0 Å². The predicted molar refractivity (Wildman–Crippen MR) is 62.2 cm³/mol. The molecule has 1 rings (SSSR count). The Kier molecular flexibility index (Phi) is 5.05. The van der Waals surface area contributed by atoms with Crippen LogP contribution in [-0.4, -0.2) is 13.2 Å². The molecular weight excluding hydrogens is 209 g/mol. The third kappa shape index (κ3) is 3.38. The number of halogens is 1. The van der Waals surface area contributed by atoms with E-state index in [4.69, 9.17) is 9.57 Å². The Morgan fingerprint density at radius 2 is 2.06 bits per heavy atom. The van der Waals surface area contributed by atoms with E-state index in [0.717, 1.165) is 12.0 Å². The first-order valence-corrected chi connectivity index (χ1v) is 5.49. The van der Waals surface area contributed by atoms with Gasteiger partial charge in [0, 0.05) is 6.07 Å². The molecule has 0 aromatic heterocycles. The van der Waals surface area contributed by atoms with Crippen LogP contribution in [0.1, 0.15) is 25.8 Å². The second-order valence-electron chi connectivity index (χ2n) is 3.48. The van der Waals surface area contributed by atoms with Crippen molar-refractivity contribution in [2.45, 2.75) is 27.2 Å². The van der Waals surface area contributed by atoms with Crippen LogP contribution >= 0.6 is 0 Å². The van der Waals surface area contributed by atoms with Crippen molar-refractivity contribution in [1.82, 2.24) is 0 Å². The molecule has 16 heavy (non-hydrogen) atoms. The first kappa shape index (κ1) is 12.8.